The Morgan fingerprint density at radius 3 is 2.78 bits per heavy atom. The summed E-state index contributed by atoms with van der Waals surface area (Å²) in [4.78, 5) is 11.4. The van der Waals surface area contributed by atoms with Crippen molar-refractivity contribution in [2.24, 2.45) is 0 Å². The Balaban J connectivity index is 1.93. The van der Waals surface area contributed by atoms with Crippen molar-refractivity contribution in [1.82, 2.24) is 10.2 Å². The molecule has 0 aliphatic rings. The first-order valence-electron chi connectivity index (χ1n) is 5.47. The summed E-state index contributed by atoms with van der Waals surface area (Å²) in [7, 11) is 0. The average molecular weight is 264 g/mol. The molecule has 0 bridgehead atoms. The van der Waals surface area contributed by atoms with Crippen LogP contribution in [-0.4, -0.2) is 22.8 Å². The van der Waals surface area contributed by atoms with Gasteiger partial charge in [-0.2, -0.15) is 0 Å². The highest BCUT2D eigenvalue weighted by Crippen LogP contribution is 2.19. The molecule has 1 heterocycles. The summed E-state index contributed by atoms with van der Waals surface area (Å²) in [6.45, 7) is 2.46. The van der Waals surface area contributed by atoms with Gasteiger partial charge >= 0.3 is 5.97 Å². The molecule has 0 fully saturated rings. The van der Waals surface area contributed by atoms with Crippen molar-refractivity contribution >= 4 is 17.3 Å². The van der Waals surface area contributed by atoms with Crippen molar-refractivity contribution in [3.63, 3.8) is 0 Å². The highest BCUT2D eigenvalue weighted by atomic mass is 32.1. The van der Waals surface area contributed by atoms with Gasteiger partial charge in [-0.25, -0.2) is 4.79 Å². The van der Waals surface area contributed by atoms with Gasteiger partial charge in [-0.3, -0.25) is 0 Å². The molecule has 0 saturated heterocycles. The molecule has 0 N–H and O–H groups in total. The number of hydrogen-bond acceptors (Lipinski definition) is 6. The van der Waals surface area contributed by atoms with Gasteiger partial charge in [0.2, 0.25) is 5.01 Å². The van der Waals surface area contributed by atoms with Gasteiger partial charge in [-0.15, -0.1) is 5.10 Å². The quantitative estimate of drug-likeness (QED) is 0.775. The summed E-state index contributed by atoms with van der Waals surface area (Å²) in [5.74, 6) is -0.468. The minimum absolute atomic E-state index is 0.208. The molecule has 0 aliphatic heterocycles. The fraction of sp³-hybridized carbons (Fsp3) is 0.250. The molecular formula is C12H12N2O3S. The molecule has 0 spiro atoms. The number of nitrogens with zero attached hydrogens (tertiary/aromatic N) is 2. The smallest absolute Gasteiger partial charge is 0.369 e. The second-order valence-corrected chi connectivity index (χ2v) is 4.31. The van der Waals surface area contributed by atoms with Crippen LogP contribution in [-0.2, 0) is 11.3 Å². The zero-order valence-corrected chi connectivity index (χ0v) is 10.6. The first kappa shape index (κ1) is 12.5. The standard InChI is InChI=1S/C12H12N2O3S/c1-2-16-11(15)10-13-14-12(18-10)17-8-9-6-4-3-5-7-9/h3-7H,2,8H2,1H3. The SMILES string of the molecule is CCOC(=O)c1nnc(OCc2ccccc2)s1. The molecule has 0 saturated carbocycles. The summed E-state index contributed by atoms with van der Waals surface area (Å²) >= 11 is 1.08. The van der Waals surface area contributed by atoms with E-state index in [2.05, 4.69) is 10.2 Å². The predicted octanol–water partition coefficient (Wildman–Crippen LogP) is 2.29. The number of hydrogen-bond donors (Lipinski definition) is 0. The molecule has 2 aromatic rings. The lowest BCUT2D eigenvalue weighted by molar-refractivity contribution is 0.0525. The summed E-state index contributed by atoms with van der Waals surface area (Å²) in [6.07, 6.45) is 0. The summed E-state index contributed by atoms with van der Waals surface area (Å²) in [6, 6.07) is 9.71. The third kappa shape index (κ3) is 3.27. The maximum atomic E-state index is 11.4. The van der Waals surface area contributed by atoms with Gasteiger partial charge in [-0.1, -0.05) is 35.4 Å². The minimum atomic E-state index is -0.468. The van der Waals surface area contributed by atoms with Gasteiger partial charge in [-0.05, 0) is 23.8 Å². The van der Waals surface area contributed by atoms with Crippen LogP contribution in [0.4, 0.5) is 0 Å². The first-order chi connectivity index (χ1) is 8.79. The van der Waals surface area contributed by atoms with Crippen molar-refractivity contribution in [3.8, 4) is 5.19 Å². The molecule has 6 heteroatoms. The zero-order chi connectivity index (χ0) is 12.8. The molecule has 0 radical (unpaired) electrons. The van der Waals surface area contributed by atoms with Gasteiger partial charge in [0.05, 0.1) is 6.61 Å². The Hall–Kier alpha value is -1.95. The Labute approximate surface area is 108 Å². The summed E-state index contributed by atoms with van der Waals surface area (Å²) in [5, 5.41) is 8.07. The topological polar surface area (TPSA) is 61.3 Å². The normalized spacial score (nSPS) is 10.1. The van der Waals surface area contributed by atoms with Crippen LogP contribution in [0.5, 0.6) is 5.19 Å². The molecule has 0 aliphatic carbocycles. The van der Waals surface area contributed by atoms with Crippen LogP contribution < -0.4 is 4.74 Å². The third-order valence-corrected chi connectivity index (χ3v) is 2.88. The van der Waals surface area contributed by atoms with Gasteiger partial charge in [0.1, 0.15) is 6.61 Å². The molecule has 18 heavy (non-hydrogen) atoms. The monoisotopic (exact) mass is 264 g/mol. The molecule has 94 valence electrons. The number of aromatic nitrogens is 2. The molecule has 0 atom stereocenters. The summed E-state index contributed by atoms with van der Waals surface area (Å²) in [5.41, 5.74) is 1.03. The van der Waals surface area contributed by atoms with E-state index in [1.165, 1.54) is 0 Å². The Kier molecular flexibility index (Phi) is 4.25. The van der Waals surface area contributed by atoms with Gasteiger partial charge in [0, 0.05) is 0 Å². The molecule has 2 rings (SSSR count). The van der Waals surface area contributed by atoms with Crippen LogP contribution >= 0.6 is 11.3 Å². The van der Waals surface area contributed by atoms with Crippen LogP contribution in [0.3, 0.4) is 0 Å². The predicted molar refractivity (Wildman–Crippen MR) is 66.6 cm³/mol. The molecule has 1 aromatic carbocycles. The number of carbonyl (C=O) groups is 1. The van der Waals surface area contributed by atoms with E-state index in [0.29, 0.717) is 18.4 Å². The minimum Gasteiger partial charge on any atom is -0.464 e. The lowest BCUT2D eigenvalue weighted by Crippen LogP contribution is -2.03. The van der Waals surface area contributed by atoms with E-state index in [1.54, 1.807) is 6.92 Å². The second-order valence-electron chi connectivity index (χ2n) is 3.37. The maximum absolute atomic E-state index is 11.4. The number of carbonyl (C=O) groups excluding carboxylic acids is 1. The molecule has 1 aromatic heterocycles. The Bertz CT molecular complexity index is 513. The maximum Gasteiger partial charge on any atom is 0.369 e. The lowest BCUT2D eigenvalue weighted by Gasteiger charge is -2.00. The number of benzene rings is 1. The molecular weight excluding hydrogens is 252 g/mol. The van der Waals surface area contributed by atoms with Crippen LogP contribution in [0.15, 0.2) is 30.3 Å². The van der Waals surface area contributed by atoms with E-state index in [4.69, 9.17) is 9.47 Å². The average Bonchev–Trinajstić information content (AvgIpc) is 2.87. The van der Waals surface area contributed by atoms with Gasteiger partial charge in [0.25, 0.3) is 5.19 Å². The number of rotatable bonds is 5. The third-order valence-electron chi connectivity index (χ3n) is 2.06. The summed E-state index contributed by atoms with van der Waals surface area (Å²) < 4.78 is 10.3. The van der Waals surface area contributed by atoms with Crippen LogP contribution in [0, 0.1) is 0 Å². The van der Waals surface area contributed by atoms with E-state index >= 15 is 0 Å². The van der Waals surface area contributed by atoms with E-state index in [-0.39, 0.29) is 5.01 Å². The molecule has 0 amide bonds. The van der Waals surface area contributed by atoms with E-state index in [1.807, 2.05) is 30.3 Å². The van der Waals surface area contributed by atoms with Gasteiger partial charge in [0.15, 0.2) is 0 Å². The largest absolute Gasteiger partial charge is 0.464 e. The fourth-order valence-corrected chi connectivity index (χ4v) is 1.85. The number of ether oxygens (including phenoxy) is 2. The van der Waals surface area contributed by atoms with Gasteiger partial charge < -0.3 is 9.47 Å². The van der Waals surface area contributed by atoms with E-state index < -0.39 is 5.97 Å². The van der Waals surface area contributed by atoms with Crippen molar-refractivity contribution in [1.29, 1.82) is 0 Å². The van der Waals surface area contributed by atoms with Crippen molar-refractivity contribution in [2.45, 2.75) is 13.5 Å². The zero-order valence-electron chi connectivity index (χ0n) is 9.83. The number of esters is 1. The van der Waals surface area contributed by atoms with Crippen LogP contribution in [0.25, 0.3) is 0 Å². The van der Waals surface area contributed by atoms with Crippen LogP contribution in [0.2, 0.25) is 0 Å². The lowest BCUT2D eigenvalue weighted by atomic mass is 10.2. The second kappa shape index (κ2) is 6.11. The first-order valence-corrected chi connectivity index (χ1v) is 6.28. The highest BCUT2D eigenvalue weighted by molar-refractivity contribution is 7.14. The van der Waals surface area contributed by atoms with Crippen molar-refractivity contribution < 1.29 is 14.3 Å². The van der Waals surface area contributed by atoms with E-state index in [0.717, 1.165) is 16.9 Å². The Morgan fingerprint density at radius 2 is 2.06 bits per heavy atom. The van der Waals surface area contributed by atoms with E-state index in [9.17, 15) is 4.79 Å². The fourth-order valence-electron chi connectivity index (χ4n) is 1.26. The van der Waals surface area contributed by atoms with Crippen molar-refractivity contribution in [2.75, 3.05) is 6.61 Å². The Morgan fingerprint density at radius 1 is 1.28 bits per heavy atom. The van der Waals surface area contributed by atoms with Crippen molar-refractivity contribution in [3.05, 3.63) is 40.9 Å². The molecule has 5 nitrogen and oxygen atoms in total. The van der Waals surface area contributed by atoms with Crippen LogP contribution in [0.1, 0.15) is 22.3 Å². The highest BCUT2D eigenvalue weighted by Gasteiger charge is 2.14. The molecule has 0 unspecified atom stereocenters.